The standard InChI is InChI=1S/C36H49N3O5Si/c1-22-15-27-23(2)17-32-29(28(27)16-22)20-26(44-45(9,10)36(6,7)8)21-39(32)33(40)31-19-24-18-25(11-12-30(24)38-31)42-14-13-37-34(41)43-35(3,4)5/h11-12,16-19,26,38H,13-15,20-21H2,1-10H3,(H,37,41)/t26-/m0/s1. The number of aromatic nitrogens is 1. The normalized spacial score (nSPS) is 16.7. The van der Waals surface area contributed by atoms with Crippen LogP contribution in [-0.2, 0) is 22.0 Å². The van der Waals surface area contributed by atoms with Crippen molar-refractivity contribution in [2.45, 2.75) is 98.1 Å². The molecule has 45 heavy (non-hydrogen) atoms. The number of benzene rings is 2. The Bertz CT molecular complexity index is 1660. The number of amides is 2. The predicted octanol–water partition coefficient (Wildman–Crippen LogP) is 7.93. The van der Waals surface area contributed by atoms with Gasteiger partial charge in [-0.3, -0.25) is 4.79 Å². The molecule has 9 heteroatoms. The van der Waals surface area contributed by atoms with Crippen LogP contribution in [0.1, 0.15) is 81.2 Å². The predicted molar refractivity (Wildman–Crippen MR) is 184 cm³/mol. The first-order valence-corrected chi connectivity index (χ1v) is 18.9. The topological polar surface area (TPSA) is 92.9 Å². The van der Waals surface area contributed by atoms with Gasteiger partial charge in [0.25, 0.3) is 5.91 Å². The van der Waals surface area contributed by atoms with Crippen LogP contribution in [0.15, 0.2) is 35.9 Å². The Morgan fingerprint density at radius 3 is 2.47 bits per heavy atom. The van der Waals surface area contributed by atoms with Crippen LogP contribution in [0.25, 0.3) is 17.0 Å². The minimum Gasteiger partial charge on any atom is -0.492 e. The number of carbonyl (C=O) groups excluding carboxylic acids is 2. The van der Waals surface area contributed by atoms with Crippen LogP contribution in [0, 0.1) is 6.92 Å². The molecule has 5 rings (SSSR count). The summed E-state index contributed by atoms with van der Waals surface area (Å²) in [7, 11) is -2.08. The van der Waals surface area contributed by atoms with E-state index in [0.717, 1.165) is 29.4 Å². The number of H-pyrrole nitrogens is 1. The Morgan fingerprint density at radius 1 is 1.04 bits per heavy atom. The van der Waals surface area contributed by atoms with Crippen LogP contribution in [0.2, 0.25) is 18.1 Å². The molecule has 0 unspecified atom stereocenters. The maximum Gasteiger partial charge on any atom is 0.407 e. The monoisotopic (exact) mass is 631 g/mol. The Kier molecular flexibility index (Phi) is 8.74. The lowest BCUT2D eigenvalue weighted by Gasteiger charge is -2.43. The van der Waals surface area contributed by atoms with Crippen molar-refractivity contribution in [2.24, 2.45) is 0 Å². The van der Waals surface area contributed by atoms with E-state index in [0.29, 0.717) is 31.1 Å². The second kappa shape index (κ2) is 12.0. The highest BCUT2D eigenvalue weighted by Crippen LogP contribution is 2.43. The fraction of sp³-hybridized carbons (Fsp3) is 0.500. The van der Waals surface area contributed by atoms with Crippen LogP contribution < -0.4 is 15.0 Å². The average molecular weight is 632 g/mol. The number of ether oxygens (including phenoxy) is 2. The number of aryl methyl sites for hydroxylation is 1. The molecular weight excluding hydrogens is 582 g/mol. The number of hydrogen-bond acceptors (Lipinski definition) is 5. The summed E-state index contributed by atoms with van der Waals surface area (Å²) in [4.78, 5) is 31.5. The third-order valence-corrected chi connectivity index (χ3v) is 13.7. The molecule has 1 atom stereocenters. The van der Waals surface area contributed by atoms with E-state index >= 15 is 0 Å². The molecule has 242 valence electrons. The first-order valence-electron chi connectivity index (χ1n) is 16.0. The number of anilines is 1. The van der Waals surface area contributed by atoms with E-state index in [1.165, 1.54) is 27.8 Å². The minimum atomic E-state index is -2.08. The first-order chi connectivity index (χ1) is 20.9. The van der Waals surface area contributed by atoms with Crippen LogP contribution in [0.4, 0.5) is 10.5 Å². The Labute approximate surface area is 268 Å². The molecule has 2 aliphatic rings. The summed E-state index contributed by atoms with van der Waals surface area (Å²) in [5, 5.41) is 3.65. The summed E-state index contributed by atoms with van der Waals surface area (Å²) >= 11 is 0. The van der Waals surface area contributed by atoms with Crippen molar-refractivity contribution in [3.8, 4) is 5.75 Å². The Hall–Kier alpha value is -3.56. The SMILES string of the molecule is CC1=Cc2c(c(C)cc3c2C[C@H](O[Si](C)(C)C(C)(C)C)CN3C(=O)c2cc3cc(OCCNC(=O)OC(C)(C)C)ccc3[nH]2)C1. The minimum absolute atomic E-state index is 0.0661. The van der Waals surface area contributed by atoms with Gasteiger partial charge in [-0.1, -0.05) is 32.4 Å². The van der Waals surface area contributed by atoms with Crippen LogP contribution in [0.5, 0.6) is 5.75 Å². The van der Waals surface area contributed by atoms with E-state index in [-0.39, 0.29) is 17.0 Å². The van der Waals surface area contributed by atoms with Gasteiger partial charge >= 0.3 is 6.09 Å². The number of nitrogens with one attached hydrogen (secondary N) is 2. The van der Waals surface area contributed by atoms with Gasteiger partial charge in [0.1, 0.15) is 23.7 Å². The molecule has 0 saturated carbocycles. The van der Waals surface area contributed by atoms with E-state index < -0.39 is 20.0 Å². The zero-order chi connectivity index (χ0) is 32.9. The molecule has 3 aromatic rings. The lowest BCUT2D eigenvalue weighted by atomic mass is 9.90. The maximum absolute atomic E-state index is 14.3. The van der Waals surface area contributed by atoms with Gasteiger partial charge in [-0.25, -0.2) is 4.79 Å². The molecule has 0 bridgehead atoms. The van der Waals surface area contributed by atoms with Crippen molar-refractivity contribution in [1.82, 2.24) is 10.3 Å². The number of allylic oxidation sites excluding steroid dienone is 1. The Morgan fingerprint density at radius 2 is 1.78 bits per heavy atom. The summed E-state index contributed by atoms with van der Waals surface area (Å²) in [6.45, 7) is 22.2. The molecule has 0 saturated heterocycles. The van der Waals surface area contributed by atoms with E-state index in [4.69, 9.17) is 13.9 Å². The zero-order valence-electron chi connectivity index (χ0n) is 28.6. The molecule has 1 aliphatic carbocycles. The largest absolute Gasteiger partial charge is 0.492 e. The van der Waals surface area contributed by atoms with Gasteiger partial charge in [0.15, 0.2) is 8.32 Å². The van der Waals surface area contributed by atoms with Gasteiger partial charge in [-0.05, 0) is 112 Å². The van der Waals surface area contributed by atoms with Crippen LogP contribution >= 0.6 is 0 Å². The Balaban J connectivity index is 1.38. The van der Waals surface area contributed by atoms with Crippen molar-refractivity contribution < 1.29 is 23.5 Å². The van der Waals surface area contributed by atoms with Gasteiger partial charge < -0.3 is 29.1 Å². The van der Waals surface area contributed by atoms with Crippen LogP contribution in [0.3, 0.4) is 0 Å². The van der Waals surface area contributed by atoms with Crippen molar-refractivity contribution in [3.63, 3.8) is 0 Å². The van der Waals surface area contributed by atoms with Crippen molar-refractivity contribution >= 4 is 43.0 Å². The lowest BCUT2D eigenvalue weighted by Crippen LogP contribution is -2.51. The summed E-state index contributed by atoms with van der Waals surface area (Å²) in [5.41, 5.74) is 8.22. The molecular formula is C36H49N3O5Si. The number of fused-ring (bicyclic) bond motifs is 4. The molecule has 0 fully saturated rings. The molecule has 0 radical (unpaired) electrons. The highest BCUT2D eigenvalue weighted by Gasteiger charge is 2.42. The molecule has 1 aromatic heterocycles. The summed E-state index contributed by atoms with van der Waals surface area (Å²) in [5.74, 6) is 0.587. The number of aromatic amines is 1. The molecule has 0 spiro atoms. The van der Waals surface area contributed by atoms with Gasteiger partial charge in [-0.2, -0.15) is 0 Å². The molecule has 2 aromatic carbocycles. The fourth-order valence-electron chi connectivity index (χ4n) is 5.91. The fourth-order valence-corrected chi connectivity index (χ4v) is 7.25. The number of carbonyl (C=O) groups is 2. The highest BCUT2D eigenvalue weighted by atomic mass is 28.4. The smallest absolute Gasteiger partial charge is 0.407 e. The van der Waals surface area contributed by atoms with Crippen molar-refractivity contribution in [2.75, 3.05) is 24.6 Å². The van der Waals surface area contributed by atoms with Crippen LogP contribution in [-0.4, -0.2) is 56.7 Å². The number of hydrogen-bond donors (Lipinski definition) is 2. The van der Waals surface area contributed by atoms with E-state index in [2.05, 4.69) is 70.2 Å². The van der Waals surface area contributed by atoms with Crippen molar-refractivity contribution in [1.29, 1.82) is 0 Å². The van der Waals surface area contributed by atoms with E-state index in [1.54, 1.807) is 0 Å². The summed E-state index contributed by atoms with van der Waals surface area (Å²) in [6.07, 6.45) is 3.50. The van der Waals surface area contributed by atoms with Gasteiger partial charge in [-0.15, -0.1) is 0 Å². The highest BCUT2D eigenvalue weighted by molar-refractivity contribution is 6.74. The zero-order valence-corrected chi connectivity index (χ0v) is 29.6. The number of rotatable bonds is 7. The average Bonchev–Trinajstić information content (AvgIpc) is 3.53. The lowest BCUT2D eigenvalue weighted by molar-refractivity contribution is 0.0520. The summed E-state index contributed by atoms with van der Waals surface area (Å²) < 4.78 is 18.1. The first kappa shape index (κ1) is 32.8. The van der Waals surface area contributed by atoms with E-state index in [1.807, 2.05) is 49.9 Å². The molecule has 2 amide bonds. The quantitative estimate of drug-likeness (QED) is 0.204. The van der Waals surface area contributed by atoms with Gasteiger partial charge in [0.2, 0.25) is 0 Å². The second-order valence-corrected chi connectivity index (χ2v) is 19.8. The molecule has 8 nitrogen and oxygen atoms in total. The second-order valence-electron chi connectivity index (χ2n) is 15.1. The molecule has 1 aliphatic heterocycles. The third-order valence-electron chi connectivity index (χ3n) is 9.12. The van der Waals surface area contributed by atoms with E-state index in [9.17, 15) is 9.59 Å². The third kappa shape index (κ3) is 7.15. The number of nitrogens with zero attached hydrogens (tertiary/aromatic N) is 1. The summed E-state index contributed by atoms with van der Waals surface area (Å²) in [6, 6.07) is 9.78. The number of alkyl carbamates (subject to hydrolysis) is 1. The van der Waals surface area contributed by atoms with Crippen molar-refractivity contribution in [3.05, 3.63) is 63.9 Å². The molecule has 2 N–H and O–H groups in total. The molecule has 2 heterocycles. The van der Waals surface area contributed by atoms with Gasteiger partial charge in [0.05, 0.1) is 19.2 Å². The van der Waals surface area contributed by atoms with Gasteiger partial charge in [0, 0.05) is 23.0 Å². The maximum atomic E-state index is 14.3.